The van der Waals surface area contributed by atoms with E-state index in [1.165, 1.54) is 13.1 Å². The molecule has 0 saturated heterocycles. The third-order valence-electron chi connectivity index (χ3n) is 5.63. The first-order chi connectivity index (χ1) is 15.2. The summed E-state index contributed by atoms with van der Waals surface area (Å²) in [6, 6.07) is 10.5. The first kappa shape index (κ1) is 21.8. The van der Waals surface area contributed by atoms with Crippen LogP contribution in [0.15, 0.2) is 47.3 Å². The van der Waals surface area contributed by atoms with E-state index < -0.39 is 23.8 Å². The molecule has 0 bridgehead atoms. The molecule has 1 aromatic carbocycles. The van der Waals surface area contributed by atoms with Gasteiger partial charge in [0.05, 0.1) is 11.7 Å². The molecule has 168 valence electrons. The summed E-state index contributed by atoms with van der Waals surface area (Å²) in [6.45, 7) is 0. The maximum Gasteiger partial charge on any atom is 0.435 e. The summed E-state index contributed by atoms with van der Waals surface area (Å²) in [5.41, 5.74) is -0.372. The van der Waals surface area contributed by atoms with Crippen LogP contribution in [0.1, 0.15) is 64.5 Å². The van der Waals surface area contributed by atoms with Crippen molar-refractivity contribution in [2.75, 3.05) is 0 Å². The molecule has 32 heavy (non-hydrogen) atoms. The number of H-pyrrole nitrogens is 1. The fourth-order valence-corrected chi connectivity index (χ4v) is 3.71. The number of aromatic nitrogens is 4. The highest BCUT2D eigenvalue weighted by Crippen LogP contribution is 2.34. The average molecular weight is 445 g/mol. The minimum absolute atomic E-state index is 0.212. The van der Waals surface area contributed by atoms with Gasteiger partial charge >= 0.3 is 6.18 Å². The van der Waals surface area contributed by atoms with Crippen LogP contribution >= 0.6 is 0 Å². The summed E-state index contributed by atoms with van der Waals surface area (Å²) >= 11 is 0. The lowest BCUT2D eigenvalue weighted by atomic mass is 9.85. The van der Waals surface area contributed by atoms with Crippen molar-refractivity contribution in [1.29, 1.82) is 0 Å². The van der Waals surface area contributed by atoms with Crippen molar-refractivity contribution in [3.05, 3.63) is 81.3 Å². The molecule has 3 aromatic rings. The molecule has 1 aliphatic rings. The lowest BCUT2D eigenvalue weighted by Crippen LogP contribution is -2.32. The number of halogens is 3. The second-order valence-corrected chi connectivity index (χ2v) is 7.93. The summed E-state index contributed by atoms with van der Waals surface area (Å²) in [5.74, 6) is 0.161. The van der Waals surface area contributed by atoms with Crippen molar-refractivity contribution < 1.29 is 18.0 Å². The zero-order valence-corrected chi connectivity index (χ0v) is 17.3. The van der Waals surface area contributed by atoms with Crippen LogP contribution in [0.5, 0.6) is 0 Å². The van der Waals surface area contributed by atoms with Crippen molar-refractivity contribution >= 4 is 5.91 Å². The van der Waals surface area contributed by atoms with Crippen LogP contribution < -0.4 is 10.9 Å². The Labute approximate surface area is 181 Å². The van der Waals surface area contributed by atoms with E-state index in [1.54, 1.807) is 24.3 Å². The van der Waals surface area contributed by atoms with Crippen LogP contribution in [0.25, 0.3) is 0 Å². The summed E-state index contributed by atoms with van der Waals surface area (Å²) in [7, 11) is 1.28. The average Bonchev–Trinajstić information content (AvgIpc) is 3.09. The number of carbonyl (C=O) groups is 1. The number of benzene rings is 1. The highest BCUT2D eigenvalue weighted by molar-refractivity contribution is 5.93. The van der Waals surface area contributed by atoms with Crippen molar-refractivity contribution in [2.45, 2.75) is 43.8 Å². The lowest BCUT2D eigenvalue weighted by Gasteiger charge is -2.25. The Kier molecular flexibility index (Phi) is 5.86. The van der Waals surface area contributed by atoms with Gasteiger partial charge in [-0.1, -0.05) is 36.8 Å². The van der Waals surface area contributed by atoms with E-state index in [0.29, 0.717) is 11.5 Å². The van der Waals surface area contributed by atoms with Gasteiger partial charge in [0.25, 0.3) is 11.5 Å². The Hall–Kier alpha value is -3.43. The van der Waals surface area contributed by atoms with Gasteiger partial charge in [-0.25, -0.2) is 4.98 Å². The molecule has 0 spiro atoms. The molecule has 0 aliphatic heterocycles. The molecule has 2 heterocycles. The minimum Gasteiger partial charge on any atom is -0.344 e. The van der Waals surface area contributed by atoms with E-state index in [1.807, 2.05) is 6.07 Å². The number of amides is 1. The Morgan fingerprint density at radius 2 is 1.97 bits per heavy atom. The number of alkyl halides is 3. The van der Waals surface area contributed by atoms with Gasteiger partial charge in [0.1, 0.15) is 11.5 Å². The first-order valence-corrected chi connectivity index (χ1v) is 10.3. The molecule has 1 amide bonds. The summed E-state index contributed by atoms with van der Waals surface area (Å²) in [4.78, 5) is 32.4. The van der Waals surface area contributed by atoms with Gasteiger partial charge in [0.15, 0.2) is 5.69 Å². The Bertz CT molecular complexity index is 1170. The zero-order chi connectivity index (χ0) is 22.9. The molecule has 10 heteroatoms. The van der Waals surface area contributed by atoms with Gasteiger partial charge in [-0.15, -0.1) is 0 Å². The largest absolute Gasteiger partial charge is 0.435 e. The second-order valence-electron chi connectivity index (χ2n) is 7.93. The van der Waals surface area contributed by atoms with Crippen LogP contribution in [0.2, 0.25) is 0 Å². The Morgan fingerprint density at radius 1 is 1.25 bits per heavy atom. The van der Waals surface area contributed by atoms with Crippen LogP contribution in [-0.4, -0.2) is 25.7 Å². The van der Waals surface area contributed by atoms with Gasteiger partial charge in [0.2, 0.25) is 0 Å². The number of hydrogen-bond acceptors (Lipinski definition) is 4. The highest BCUT2D eigenvalue weighted by atomic mass is 19.4. The number of aromatic amines is 1. The van der Waals surface area contributed by atoms with Gasteiger partial charge in [-0.05, 0) is 18.4 Å². The number of hydrogen-bond donors (Lipinski definition) is 2. The van der Waals surface area contributed by atoms with Crippen molar-refractivity contribution in [3.8, 4) is 0 Å². The van der Waals surface area contributed by atoms with Crippen LogP contribution in [0.4, 0.5) is 13.2 Å². The van der Waals surface area contributed by atoms with Crippen LogP contribution in [0.3, 0.4) is 0 Å². The van der Waals surface area contributed by atoms with Gasteiger partial charge < -0.3 is 10.3 Å². The maximum atomic E-state index is 13.0. The molecule has 2 aromatic heterocycles. The van der Waals surface area contributed by atoms with Crippen LogP contribution in [0, 0.1) is 0 Å². The molecule has 1 fully saturated rings. The molecule has 0 unspecified atom stereocenters. The Balaban J connectivity index is 1.61. The first-order valence-electron chi connectivity index (χ1n) is 10.3. The van der Waals surface area contributed by atoms with Crippen LogP contribution in [-0.2, 0) is 19.6 Å². The fraction of sp³-hybridized carbons (Fsp3) is 0.364. The summed E-state index contributed by atoms with van der Waals surface area (Å²) in [5, 5.41) is 6.18. The van der Waals surface area contributed by atoms with Gasteiger partial charge in [-0.3, -0.25) is 14.3 Å². The number of nitrogens with zero attached hydrogens (tertiary/aromatic N) is 3. The predicted octanol–water partition coefficient (Wildman–Crippen LogP) is 3.50. The van der Waals surface area contributed by atoms with E-state index in [0.717, 1.165) is 35.6 Å². The fourth-order valence-electron chi connectivity index (χ4n) is 3.71. The zero-order valence-electron chi connectivity index (χ0n) is 17.3. The van der Waals surface area contributed by atoms with Gasteiger partial charge in [0, 0.05) is 31.5 Å². The molecule has 1 atom stereocenters. The highest BCUT2D eigenvalue weighted by Gasteiger charge is 2.35. The number of aryl methyl sites for hydroxylation is 1. The lowest BCUT2D eigenvalue weighted by molar-refractivity contribution is -0.141. The smallest absolute Gasteiger partial charge is 0.344 e. The van der Waals surface area contributed by atoms with E-state index in [-0.39, 0.29) is 23.6 Å². The molecule has 2 N–H and O–H groups in total. The van der Waals surface area contributed by atoms with E-state index in [4.69, 9.17) is 0 Å². The molecular formula is C22H22F3N5O2. The maximum absolute atomic E-state index is 13.0. The third-order valence-corrected chi connectivity index (χ3v) is 5.63. The second kappa shape index (κ2) is 8.60. The Morgan fingerprint density at radius 3 is 2.56 bits per heavy atom. The normalized spacial score (nSPS) is 15.2. The summed E-state index contributed by atoms with van der Waals surface area (Å²) in [6.07, 6.45) is -1.42. The van der Waals surface area contributed by atoms with Gasteiger partial charge in [-0.2, -0.15) is 18.3 Å². The summed E-state index contributed by atoms with van der Waals surface area (Å²) < 4.78 is 39.9. The molecule has 0 radical (unpaired) electrons. The monoisotopic (exact) mass is 445 g/mol. The van der Waals surface area contributed by atoms with E-state index in [2.05, 4.69) is 20.4 Å². The minimum atomic E-state index is -4.65. The number of rotatable bonds is 6. The van der Waals surface area contributed by atoms with E-state index >= 15 is 0 Å². The topological polar surface area (TPSA) is 92.7 Å². The predicted molar refractivity (Wildman–Crippen MR) is 110 cm³/mol. The molecule has 4 rings (SSSR count). The number of nitrogens with one attached hydrogen (secondary N) is 2. The molecular weight excluding hydrogens is 423 g/mol. The molecule has 1 aliphatic carbocycles. The molecule has 1 saturated carbocycles. The third kappa shape index (κ3) is 4.74. The SMILES string of the molecule is Cn1nc(C(F)(F)F)cc1C(=O)N[C@H](Cc1cc(=O)[nH]c(C2CCC2)n1)c1ccccc1. The van der Waals surface area contributed by atoms with Crippen molar-refractivity contribution in [3.63, 3.8) is 0 Å². The van der Waals surface area contributed by atoms with Crippen molar-refractivity contribution in [2.24, 2.45) is 7.05 Å². The molecule has 7 nitrogen and oxygen atoms in total. The quantitative estimate of drug-likeness (QED) is 0.608. The van der Waals surface area contributed by atoms with E-state index in [9.17, 15) is 22.8 Å². The number of carbonyl (C=O) groups excluding carboxylic acids is 1. The van der Waals surface area contributed by atoms with Crippen molar-refractivity contribution in [1.82, 2.24) is 25.1 Å². The standard InChI is InChI=1S/C22H22F3N5O2/c1-30-17(12-18(29-30)22(23,24)25)21(32)27-16(13-6-3-2-4-7-13)10-15-11-19(31)28-20(26-15)14-8-5-9-14/h2-4,6-7,11-12,14,16H,5,8-10H2,1H3,(H,27,32)(H,26,28,31)/t16-/m1/s1.